The maximum Gasteiger partial charge on any atom is 0.272 e. The molecular formula is C11H11BrN2O. The van der Waals surface area contributed by atoms with E-state index in [0.29, 0.717) is 5.56 Å². The number of amides is 1. The molecule has 3 nitrogen and oxygen atoms in total. The molecule has 0 aliphatic heterocycles. The summed E-state index contributed by atoms with van der Waals surface area (Å²) in [7, 11) is 0. The number of hydrazone groups is 1. The SMILES string of the molecule is C/C=C/C=N/NC(=O)c1ccccc1Br. The summed E-state index contributed by atoms with van der Waals surface area (Å²) < 4.78 is 0.753. The molecule has 4 heteroatoms. The Morgan fingerprint density at radius 1 is 1.47 bits per heavy atom. The van der Waals surface area contributed by atoms with Crippen molar-refractivity contribution in [1.82, 2.24) is 5.43 Å². The third-order valence-corrected chi connectivity index (χ3v) is 2.33. The zero-order chi connectivity index (χ0) is 11.1. The third kappa shape index (κ3) is 3.67. The Morgan fingerprint density at radius 2 is 2.20 bits per heavy atom. The van der Waals surface area contributed by atoms with Gasteiger partial charge in [0.25, 0.3) is 5.91 Å². The summed E-state index contributed by atoms with van der Waals surface area (Å²) in [5, 5.41) is 3.75. The minimum Gasteiger partial charge on any atom is -0.267 e. The largest absolute Gasteiger partial charge is 0.272 e. The topological polar surface area (TPSA) is 41.5 Å². The molecule has 0 saturated carbocycles. The number of nitrogens with one attached hydrogen (secondary N) is 1. The summed E-state index contributed by atoms with van der Waals surface area (Å²) >= 11 is 3.29. The molecule has 0 aromatic heterocycles. The standard InChI is InChI=1S/C11H11BrN2O/c1-2-3-8-13-14-11(15)9-6-4-5-7-10(9)12/h2-8H,1H3,(H,14,15)/b3-2+,13-8+. The van der Waals surface area contributed by atoms with Gasteiger partial charge in [-0.25, -0.2) is 5.43 Å². The van der Waals surface area contributed by atoms with Crippen molar-refractivity contribution in [2.45, 2.75) is 6.92 Å². The maximum absolute atomic E-state index is 11.5. The number of carbonyl (C=O) groups is 1. The predicted molar refractivity (Wildman–Crippen MR) is 64.9 cm³/mol. The molecular weight excluding hydrogens is 256 g/mol. The molecule has 0 radical (unpaired) electrons. The number of allylic oxidation sites excluding steroid dienone is 2. The monoisotopic (exact) mass is 266 g/mol. The van der Waals surface area contributed by atoms with Gasteiger partial charge in [-0.05, 0) is 41.1 Å². The molecule has 0 unspecified atom stereocenters. The Morgan fingerprint density at radius 3 is 2.87 bits per heavy atom. The molecule has 0 bridgehead atoms. The van der Waals surface area contributed by atoms with E-state index in [9.17, 15) is 4.79 Å². The molecule has 0 aliphatic carbocycles. The summed E-state index contributed by atoms with van der Waals surface area (Å²) in [6.45, 7) is 1.88. The van der Waals surface area contributed by atoms with Gasteiger partial charge in [0.15, 0.2) is 0 Å². The molecule has 0 atom stereocenters. The second-order valence-corrected chi connectivity index (χ2v) is 3.58. The number of nitrogens with zero attached hydrogens (tertiary/aromatic N) is 1. The number of halogens is 1. The molecule has 1 aromatic rings. The van der Waals surface area contributed by atoms with E-state index >= 15 is 0 Å². The van der Waals surface area contributed by atoms with Crippen LogP contribution in [0.15, 0.2) is 46.0 Å². The van der Waals surface area contributed by atoms with E-state index in [2.05, 4.69) is 26.5 Å². The quantitative estimate of drug-likeness (QED) is 0.664. The van der Waals surface area contributed by atoms with Crippen LogP contribution in [-0.2, 0) is 0 Å². The first-order valence-corrected chi connectivity index (χ1v) is 5.24. The van der Waals surface area contributed by atoms with E-state index in [-0.39, 0.29) is 5.91 Å². The first kappa shape index (κ1) is 11.7. The van der Waals surface area contributed by atoms with Crippen LogP contribution in [0.5, 0.6) is 0 Å². The highest BCUT2D eigenvalue weighted by atomic mass is 79.9. The number of hydrogen-bond acceptors (Lipinski definition) is 2. The normalized spacial score (nSPS) is 11.1. The fraction of sp³-hybridized carbons (Fsp3) is 0.0909. The van der Waals surface area contributed by atoms with Crippen LogP contribution in [0.1, 0.15) is 17.3 Å². The lowest BCUT2D eigenvalue weighted by molar-refractivity contribution is 0.0954. The summed E-state index contributed by atoms with van der Waals surface area (Å²) in [4.78, 5) is 11.5. The van der Waals surface area contributed by atoms with Crippen molar-refractivity contribution in [3.63, 3.8) is 0 Å². The summed E-state index contributed by atoms with van der Waals surface area (Å²) in [6, 6.07) is 7.19. The Labute approximate surface area is 97.0 Å². The van der Waals surface area contributed by atoms with Crippen LogP contribution in [0.2, 0.25) is 0 Å². The summed E-state index contributed by atoms with van der Waals surface area (Å²) in [6.07, 6.45) is 5.09. The van der Waals surface area contributed by atoms with Crippen molar-refractivity contribution in [2.75, 3.05) is 0 Å². The second kappa shape index (κ2) is 6.14. The van der Waals surface area contributed by atoms with Crippen molar-refractivity contribution < 1.29 is 4.79 Å². The van der Waals surface area contributed by atoms with Gasteiger partial charge in [0, 0.05) is 10.7 Å². The summed E-state index contributed by atoms with van der Waals surface area (Å²) in [5.74, 6) is -0.233. The Hall–Kier alpha value is -1.42. The van der Waals surface area contributed by atoms with Crippen LogP contribution in [0, 0.1) is 0 Å². The molecule has 1 amide bonds. The molecule has 1 rings (SSSR count). The van der Waals surface area contributed by atoms with Gasteiger partial charge in [0.2, 0.25) is 0 Å². The van der Waals surface area contributed by atoms with E-state index in [1.807, 2.05) is 25.1 Å². The smallest absolute Gasteiger partial charge is 0.267 e. The van der Waals surface area contributed by atoms with Crippen LogP contribution >= 0.6 is 15.9 Å². The van der Waals surface area contributed by atoms with E-state index in [1.54, 1.807) is 18.2 Å². The van der Waals surface area contributed by atoms with Gasteiger partial charge in [-0.15, -0.1) is 0 Å². The van der Waals surface area contributed by atoms with Crippen molar-refractivity contribution in [2.24, 2.45) is 5.10 Å². The number of rotatable bonds is 3. The van der Waals surface area contributed by atoms with Gasteiger partial charge in [0.1, 0.15) is 0 Å². The number of benzene rings is 1. The minimum absolute atomic E-state index is 0.233. The van der Waals surface area contributed by atoms with Crippen LogP contribution in [0.25, 0.3) is 0 Å². The molecule has 15 heavy (non-hydrogen) atoms. The molecule has 1 N–H and O–H groups in total. The minimum atomic E-state index is -0.233. The average molecular weight is 267 g/mol. The Kier molecular flexibility index (Phi) is 4.77. The lowest BCUT2D eigenvalue weighted by Crippen LogP contribution is -2.17. The number of carbonyl (C=O) groups excluding carboxylic acids is 1. The molecule has 0 fully saturated rings. The zero-order valence-corrected chi connectivity index (χ0v) is 9.86. The zero-order valence-electron chi connectivity index (χ0n) is 8.27. The van der Waals surface area contributed by atoms with Gasteiger partial charge in [0.05, 0.1) is 5.56 Å². The first-order valence-electron chi connectivity index (χ1n) is 4.45. The van der Waals surface area contributed by atoms with E-state index in [1.165, 1.54) is 6.21 Å². The van der Waals surface area contributed by atoms with Gasteiger partial charge in [-0.2, -0.15) is 5.10 Å². The summed E-state index contributed by atoms with van der Waals surface area (Å²) in [5.41, 5.74) is 2.99. The van der Waals surface area contributed by atoms with Gasteiger partial charge < -0.3 is 0 Å². The predicted octanol–water partition coefficient (Wildman–Crippen LogP) is 2.74. The highest BCUT2D eigenvalue weighted by Gasteiger charge is 2.06. The van der Waals surface area contributed by atoms with E-state index in [4.69, 9.17) is 0 Å². The molecule has 0 saturated heterocycles. The molecule has 78 valence electrons. The molecule has 0 spiro atoms. The fourth-order valence-electron chi connectivity index (χ4n) is 0.931. The number of hydrogen-bond donors (Lipinski definition) is 1. The lowest BCUT2D eigenvalue weighted by Gasteiger charge is -2.01. The first-order chi connectivity index (χ1) is 7.25. The van der Waals surface area contributed by atoms with Crippen LogP contribution in [-0.4, -0.2) is 12.1 Å². The van der Waals surface area contributed by atoms with Crippen molar-refractivity contribution >= 4 is 28.1 Å². The van der Waals surface area contributed by atoms with E-state index in [0.717, 1.165) is 4.47 Å². The Balaban J connectivity index is 2.66. The van der Waals surface area contributed by atoms with Gasteiger partial charge >= 0.3 is 0 Å². The second-order valence-electron chi connectivity index (χ2n) is 2.72. The van der Waals surface area contributed by atoms with E-state index < -0.39 is 0 Å². The highest BCUT2D eigenvalue weighted by molar-refractivity contribution is 9.10. The van der Waals surface area contributed by atoms with Crippen LogP contribution in [0.3, 0.4) is 0 Å². The third-order valence-electron chi connectivity index (χ3n) is 1.64. The fourth-order valence-corrected chi connectivity index (χ4v) is 1.40. The van der Waals surface area contributed by atoms with Gasteiger partial charge in [-0.1, -0.05) is 18.2 Å². The van der Waals surface area contributed by atoms with Crippen molar-refractivity contribution in [3.8, 4) is 0 Å². The van der Waals surface area contributed by atoms with Gasteiger partial charge in [-0.3, -0.25) is 4.79 Å². The maximum atomic E-state index is 11.5. The van der Waals surface area contributed by atoms with Crippen molar-refractivity contribution in [1.29, 1.82) is 0 Å². The van der Waals surface area contributed by atoms with Crippen molar-refractivity contribution in [3.05, 3.63) is 46.5 Å². The molecule has 1 aromatic carbocycles. The molecule has 0 aliphatic rings. The Bertz CT molecular complexity index is 399. The highest BCUT2D eigenvalue weighted by Crippen LogP contribution is 2.15. The van der Waals surface area contributed by atoms with Crippen LogP contribution < -0.4 is 5.43 Å². The van der Waals surface area contributed by atoms with Crippen LogP contribution in [0.4, 0.5) is 0 Å². The average Bonchev–Trinajstić information content (AvgIpc) is 2.25. The molecule has 0 heterocycles. The lowest BCUT2D eigenvalue weighted by atomic mass is 10.2.